The molecule has 0 saturated carbocycles. The van der Waals surface area contributed by atoms with E-state index in [-0.39, 0.29) is 13.0 Å². The van der Waals surface area contributed by atoms with Crippen LogP contribution in [0.4, 0.5) is 17.6 Å². The van der Waals surface area contributed by atoms with Crippen molar-refractivity contribution >= 4 is 0 Å². The van der Waals surface area contributed by atoms with Crippen molar-refractivity contribution in [1.82, 2.24) is 5.32 Å². The molecule has 0 aromatic carbocycles. The second-order valence-corrected chi connectivity index (χ2v) is 3.80. The summed E-state index contributed by atoms with van der Waals surface area (Å²) in [6.45, 7) is 2.03. The van der Waals surface area contributed by atoms with Gasteiger partial charge < -0.3 is 10.4 Å². The molecule has 0 amide bonds. The number of rotatable bonds is 6. The fourth-order valence-electron chi connectivity index (χ4n) is 0.726. The monoisotopic (exact) mass is 217 g/mol. The van der Waals surface area contributed by atoms with E-state index in [1.54, 1.807) is 0 Å². The van der Waals surface area contributed by atoms with Crippen LogP contribution in [0.5, 0.6) is 0 Å². The Kier molecular flexibility index (Phi) is 4.80. The summed E-state index contributed by atoms with van der Waals surface area (Å²) in [5.41, 5.74) is -0.979. The van der Waals surface area contributed by atoms with Crippen molar-refractivity contribution in [2.45, 2.75) is 38.2 Å². The van der Waals surface area contributed by atoms with Crippen molar-refractivity contribution in [3.63, 3.8) is 0 Å². The molecule has 0 fully saturated rings. The number of halogens is 4. The smallest absolute Gasteiger partial charge is 0.319 e. The van der Waals surface area contributed by atoms with Crippen LogP contribution in [0, 0.1) is 0 Å². The van der Waals surface area contributed by atoms with Gasteiger partial charge in [0.15, 0.2) is 0 Å². The summed E-state index contributed by atoms with van der Waals surface area (Å²) in [6.07, 6.45) is -3.43. The predicted molar refractivity (Wildman–Crippen MR) is 44.7 cm³/mol. The molecule has 0 aliphatic carbocycles. The van der Waals surface area contributed by atoms with Crippen molar-refractivity contribution in [3.05, 3.63) is 0 Å². The molecule has 0 aromatic heterocycles. The van der Waals surface area contributed by atoms with Crippen molar-refractivity contribution in [2.24, 2.45) is 0 Å². The van der Waals surface area contributed by atoms with E-state index in [0.29, 0.717) is 0 Å². The Balaban J connectivity index is 3.65. The molecule has 14 heavy (non-hydrogen) atoms. The zero-order valence-corrected chi connectivity index (χ0v) is 8.16. The van der Waals surface area contributed by atoms with Crippen molar-refractivity contribution in [3.8, 4) is 0 Å². The van der Waals surface area contributed by atoms with Gasteiger partial charge in [0.2, 0.25) is 0 Å². The molecule has 0 bridgehead atoms. The van der Waals surface area contributed by atoms with E-state index in [1.165, 1.54) is 13.8 Å². The first-order valence-electron chi connectivity index (χ1n) is 4.24. The maximum atomic E-state index is 12.3. The minimum absolute atomic E-state index is 0.0752. The Hall–Kier alpha value is -0.360. The number of aliphatic hydroxyl groups is 1. The molecule has 2 N–H and O–H groups in total. The summed E-state index contributed by atoms with van der Waals surface area (Å²) in [7, 11) is 0. The highest BCUT2D eigenvalue weighted by molar-refractivity contribution is 4.73. The van der Waals surface area contributed by atoms with Crippen LogP contribution in [0.2, 0.25) is 0 Å². The normalized spacial score (nSPS) is 13.7. The van der Waals surface area contributed by atoms with Crippen LogP contribution in [0.3, 0.4) is 0 Å². The summed E-state index contributed by atoms with van der Waals surface area (Å²) in [5, 5.41) is 11.4. The average molecular weight is 217 g/mol. The van der Waals surface area contributed by atoms with Crippen LogP contribution in [-0.4, -0.2) is 36.1 Å². The predicted octanol–water partition coefficient (Wildman–Crippen LogP) is 1.64. The lowest BCUT2D eigenvalue weighted by Crippen LogP contribution is -2.40. The van der Waals surface area contributed by atoms with Gasteiger partial charge in [0.05, 0.1) is 12.1 Å². The van der Waals surface area contributed by atoms with E-state index < -0.39 is 24.5 Å². The Morgan fingerprint density at radius 2 is 1.79 bits per heavy atom. The minimum Gasteiger partial charge on any atom is -0.390 e. The summed E-state index contributed by atoms with van der Waals surface area (Å²) in [4.78, 5) is 0. The lowest BCUT2D eigenvalue weighted by Gasteiger charge is -2.19. The van der Waals surface area contributed by atoms with Crippen LogP contribution in [0.15, 0.2) is 0 Å². The molecule has 0 aliphatic heterocycles. The third kappa shape index (κ3) is 6.15. The van der Waals surface area contributed by atoms with E-state index in [2.05, 4.69) is 5.32 Å². The summed E-state index contributed by atoms with van der Waals surface area (Å²) in [6, 6.07) is 0. The molecular weight excluding hydrogens is 202 g/mol. The Labute approximate surface area is 80.3 Å². The van der Waals surface area contributed by atoms with Gasteiger partial charge in [0.1, 0.15) is 0 Å². The first kappa shape index (κ1) is 13.6. The number of alkyl halides is 4. The second-order valence-electron chi connectivity index (χ2n) is 3.80. The third-order valence-electron chi connectivity index (χ3n) is 1.59. The van der Waals surface area contributed by atoms with E-state index in [1.807, 2.05) is 0 Å². The van der Waals surface area contributed by atoms with E-state index >= 15 is 0 Å². The Morgan fingerprint density at radius 1 is 1.29 bits per heavy atom. The molecule has 0 aliphatic rings. The number of nitrogens with one attached hydrogen (secondary N) is 1. The zero-order chi connectivity index (χ0) is 11.4. The van der Waals surface area contributed by atoms with E-state index in [4.69, 9.17) is 0 Å². The fraction of sp³-hybridized carbons (Fsp3) is 1.00. The Morgan fingerprint density at radius 3 is 2.14 bits per heavy atom. The first-order chi connectivity index (χ1) is 6.15. The molecule has 0 heterocycles. The van der Waals surface area contributed by atoms with Crippen molar-refractivity contribution in [2.75, 3.05) is 13.1 Å². The van der Waals surface area contributed by atoms with Gasteiger partial charge in [-0.1, -0.05) is 0 Å². The maximum absolute atomic E-state index is 12.3. The zero-order valence-electron chi connectivity index (χ0n) is 8.16. The van der Waals surface area contributed by atoms with Gasteiger partial charge in [-0.3, -0.25) is 0 Å². The SMILES string of the molecule is CC(C)(O)CCNCC(F)(F)C(F)F. The molecule has 0 unspecified atom stereocenters. The Bertz CT molecular complexity index is 167. The third-order valence-corrected chi connectivity index (χ3v) is 1.59. The molecule has 0 atom stereocenters. The molecule has 0 saturated heterocycles. The highest BCUT2D eigenvalue weighted by Crippen LogP contribution is 2.21. The number of hydrogen-bond acceptors (Lipinski definition) is 2. The van der Waals surface area contributed by atoms with Gasteiger partial charge in [-0.05, 0) is 26.8 Å². The molecule has 0 spiro atoms. The van der Waals surface area contributed by atoms with Crippen LogP contribution >= 0.6 is 0 Å². The molecule has 0 radical (unpaired) electrons. The van der Waals surface area contributed by atoms with Crippen LogP contribution in [0.25, 0.3) is 0 Å². The van der Waals surface area contributed by atoms with Crippen molar-refractivity contribution < 1.29 is 22.7 Å². The average Bonchev–Trinajstić information content (AvgIpc) is 1.96. The lowest BCUT2D eigenvalue weighted by atomic mass is 10.1. The van der Waals surface area contributed by atoms with Crippen LogP contribution in [0.1, 0.15) is 20.3 Å². The summed E-state index contributed by atoms with van der Waals surface area (Å²) in [5.74, 6) is -4.00. The first-order valence-corrected chi connectivity index (χ1v) is 4.24. The quantitative estimate of drug-likeness (QED) is 0.523. The minimum atomic E-state index is -4.00. The standard InChI is InChI=1S/C8H15F4NO/c1-7(2,14)3-4-13-5-8(11,12)6(9)10/h6,13-14H,3-5H2,1-2H3. The van der Waals surface area contributed by atoms with Gasteiger partial charge in [0, 0.05) is 0 Å². The molecular formula is C8H15F4NO. The topological polar surface area (TPSA) is 32.3 Å². The van der Waals surface area contributed by atoms with Gasteiger partial charge in [-0.25, -0.2) is 8.78 Å². The molecule has 2 nitrogen and oxygen atoms in total. The second kappa shape index (κ2) is 4.93. The van der Waals surface area contributed by atoms with Gasteiger partial charge in [-0.2, -0.15) is 8.78 Å². The van der Waals surface area contributed by atoms with Gasteiger partial charge in [0.25, 0.3) is 0 Å². The fourth-order valence-corrected chi connectivity index (χ4v) is 0.726. The van der Waals surface area contributed by atoms with Gasteiger partial charge >= 0.3 is 12.3 Å². The van der Waals surface area contributed by atoms with E-state index in [9.17, 15) is 22.7 Å². The maximum Gasteiger partial charge on any atom is 0.319 e. The van der Waals surface area contributed by atoms with Crippen LogP contribution in [-0.2, 0) is 0 Å². The highest BCUT2D eigenvalue weighted by atomic mass is 19.3. The van der Waals surface area contributed by atoms with Crippen LogP contribution < -0.4 is 5.32 Å². The molecule has 86 valence electrons. The lowest BCUT2D eigenvalue weighted by molar-refractivity contribution is -0.125. The molecule has 6 heteroatoms. The summed E-state index contributed by atoms with van der Waals surface area (Å²) >= 11 is 0. The highest BCUT2D eigenvalue weighted by Gasteiger charge is 2.39. The van der Waals surface area contributed by atoms with Gasteiger partial charge in [-0.15, -0.1) is 0 Å². The van der Waals surface area contributed by atoms with Crippen molar-refractivity contribution in [1.29, 1.82) is 0 Å². The number of hydrogen-bond donors (Lipinski definition) is 2. The molecule has 0 aromatic rings. The molecule has 0 rings (SSSR count). The largest absolute Gasteiger partial charge is 0.390 e. The van der Waals surface area contributed by atoms with E-state index in [0.717, 1.165) is 0 Å². The summed E-state index contributed by atoms with van der Waals surface area (Å²) < 4.78 is 47.9.